The molecule has 3 atom stereocenters. The molecule has 0 radical (unpaired) electrons. The summed E-state index contributed by atoms with van der Waals surface area (Å²) in [7, 11) is 0. The molecular formula is C23H24FN3O2. The molecule has 2 aromatic rings. The van der Waals surface area contributed by atoms with Gasteiger partial charge in [0.2, 0.25) is 11.8 Å². The fourth-order valence-corrected chi connectivity index (χ4v) is 5.52. The lowest BCUT2D eigenvalue weighted by Gasteiger charge is -2.36. The summed E-state index contributed by atoms with van der Waals surface area (Å²) in [6, 6.07) is 14.5. The zero-order valence-electron chi connectivity index (χ0n) is 16.2. The van der Waals surface area contributed by atoms with Crippen molar-refractivity contribution in [2.75, 3.05) is 18.4 Å². The number of nitrogens with one attached hydrogen (secondary N) is 2. The number of hydrogen-bond donors (Lipinski definition) is 2. The summed E-state index contributed by atoms with van der Waals surface area (Å²) in [5.41, 5.74) is 1.36. The van der Waals surface area contributed by atoms with Crippen LogP contribution >= 0.6 is 0 Å². The second kappa shape index (κ2) is 6.95. The van der Waals surface area contributed by atoms with Crippen molar-refractivity contribution in [3.05, 3.63) is 65.5 Å². The molecule has 2 saturated heterocycles. The van der Waals surface area contributed by atoms with Gasteiger partial charge in [0, 0.05) is 23.8 Å². The van der Waals surface area contributed by atoms with Crippen LogP contribution in [-0.2, 0) is 21.5 Å². The zero-order chi connectivity index (χ0) is 20.0. The smallest absolute Gasteiger partial charge is 0.250 e. The second-order valence-corrected chi connectivity index (χ2v) is 8.18. The van der Waals surface area contributed by atoms with Gasteiger partial charge in [0.15, 0.2) is 0 Å². The largest absolute Gasteiger partial charge is 0.355 e. The number of rotatable bonds is 4. The maximum absolute atomic E-state index is 13.9. The topological polar surface area (TPSA) is 61.4 Å². The normalized spacial score (nSPS) is 27.7. The molecule has 0 saturated carbocycles. The Bertz CT molecular complexity index is 978. The molecular weight excluding hydrogens is 369 g/mol. The number of carbonyl (C=O) groups excluding carboxylic acids is 2. The fourth-order valence-electron chi connectivity index (χ4n) is 5.52. The van der Waals surface area contributed by atoms with Crippen molar-refractivity contribution < 1.29 is 14.0 Å². The Morgan fingerprint density at radius 1 is 1.21 bits per heavy atom. The quantitative estimate of drug-likeness (QED) is 0.840. The molecule has 5 rings (SSSR count). The highest BCUT2D eigenvalue weighted by atomic mass is 19.1. The Hall–Kier alpha value is -2.73. The average Bonchev–Trinajstić information content (AvgIpc) is 3.38. The number of nitrogens with zero attached hydrogens (tertiary/aromatic N) is 1. The van der Waals surface area contributed by atoms with Crippen LogP contribution in [0.1, 0.15) is 30.4 Å². The number of fused-ring (bicyclic) bond motifs is 4. The molecule has 2 amide bonds. The Morgan fingerprint density at radius 2 is 2.00 bits per heavy atom. The third kappa shape index (κ3) is 2.69. The number of halogens is 1. The van der Waals surface area contributed by atoms with Gasteiger partial charge in [-0.05, 0) is 49.9 Å². The number of benzene rings is 2. The number of anilines is 1. The highest BCUT2D eigenvalue weighted by molar-refractivity contribution is 6.09. The van der Waals surface area contributed by atoms with E-state index in [-0.39, 0.29) is 23.7 Å². The molecule has 5 nitrogen and oxygen atoms in total. The molecule has 0 aromatic heterocycles. The van der Waals surface area contributed by atoms with Crippen molar-refractivity contribution in [1.82, 2.24) is 10.2 Å². The minimum Gasteiger partial charge on any atom is -0.355 e. The molecule has 2 N–H and O–H groups in total. The van der Waals surface area contributed by atoms with Gasteiger partial charge in [-0.1, -0.05) is 36.4 Å². The molecule has 3 aliphatic rings. The summed E-state index contributed by atoms with van der Waals surface area (Å²) in [6.07, 6.45) is 3.15. The zero-order valence-corrected chi connectivity index (χ0v) is 16.2. The molecule has 2 aromatic carbocycles. The van der Waals surface area contributed by atoms with Crippen LogP contribution in [0.4, 0.5) is 10.1 Å². The van der Waals surface area contributed by atoms with Crippen molar-refractivity contribution in [3.63, 3.8) is 0 Å². The first kappa shape index (κ1) is 18.3. The van der Waals surface area contributed by atoms with Gasteiger partial charge < -0.3 is 10.6 Å². The van der Waals surface area contributed by atoms with Crippen LogP contribution < -0.4 is 10.6 Å². The van der Waals surface area contributed by atoms with Crippen molar-refractivity contribution in [2.45, 2.75) is 37.3 Å². The monoisotopic (exact) mass is 393 g/mol. The lowest BCUT2D eigenvalue weighted by molar-refractivity contribution is -0.137. The van der Waals surface area contributed by atoms with Gasteiger partial charge in [-0.15, -0.1) is 0 Å². The van der Waals surface area contributed by atoms with Crippen LogP contribution in [0.2, 0.25) is 0 Å². The first-order chi connectivity index (χ1) is 14.1. The lowest BCUT2D eigenvalue weighted by Crippen LogP contribution is -2.54. The molecule has 29 heavy (non-hydrogen) atoms. The Labute approximate surface area is 169 Å². The van der Waals surface area contributed by atoms with E-state index >= 15 is 0 Å². The van der Waals surface area contributed by atoms with E-state index < -0.39 is 11.5 Å². The van der Waals surface area contributed by atoms with Crippen LogP contribution in [-0.4, -0.2) is 35.8 Å². The lowest BCUT2D eigenvalue weighted by atomic mass is 9.78. The Morgan fingerprint density at radius 3 is 2.86 bits per heavy atom. The van der Waals surface area contributed by atoms with Gasteiger partial charge in [-0.2, -0.15) is 0 Å². The average molecular weight is 393 g/mol. The number of amides is 2. The van der Waals surface area contributed by atoms with Crippen LogP contribution in [0.3, 0.4) is 0 Å². The molecule has 3 aliphatic heterocycles. The summed E-state index contributed by atoms with van der Waals surface area (Å²) in [5, 5.41) is 5.99. The summed E-state index contributed by atoms with van der Waals surface area (Å²) in [5.74, 6) is -0.930. The maximum Gasteiger partial charge on any atom is 0.250 e. The molecule has 0 unspecified atom stereocenters. The fraction of sp³-hybridized carbons (Fsp3) is 0.391. The van der Waals surface area contributed by atoms with Crippen molar-refractivity contribution >= 4 is 17.5 Å². The number of hydrogen-bond acceptors (Lipinski definition) is 3. The minimum absolute atomic E-state index is 0.0997. The predicted molar refractivity (Wildman–Crippen MR) is 108 cm³/mol. The summed E-state index contributed by atoms with van der Waals surface area (Å²) >= 11 is 0. The van der Waals surface area contributed by atoms with Crippen LogP contribution in [0, 0.1) is 11.7 Å². The van der Waals surface area contributed by atoms with E-state index in [0.29, 0.717) is 24.9 Å². The summed E-state index contributed by atoms with van der Waals surface area (Å²) in [4.78, 5) is 28.8. The Balaban J connectivity index is 1.41. The van der Waals surface area contributed by atoms with E-state index in [4.69, 9.17) is 0 Å². The van der Waals surface area contributed by atoms with Gasteiger partial charge in [-0.3, -0.25) is 14.5 Å². The minimum atomic E-state index is -0.931. The highest BCUT2D eigenvalue weighted by Crippen LogP contribution is 2.55. The molecule has 150 valence electrons. The van der Waals surface area contributed by atoms with Crippen molar-refractivity contribution in [2.24, 2.45) is 5.92 Å². The van der Waals surface area contributed by atoms with Crippen LogP contribution in [0.15, 0.2) is 48.5 Å². The van der Waals surface area contributed by atoms with Gasteiger partial charge in [0.1, 0.15) is 11.4 Å². The van der Waals surface area contributed by atoms with Gasteiger partial charge in [-0.25, -0.2) is 4.39 Å². The highest BCUT2D eigenvalue weighted by Gasteiger charge is 2.65. The number of carbonyl (C=O) groups is 2. The van der Waals surface area contributed by atoms with Crippen molar-refractivity contribution in [1.29, 1.82) is 0 Å². The van der Waals surface area contributed by atoms with Crippen LogP contribution in [0.25, 0.3) is 0 Å². The van der Waals surface area contributed by atoms with E-state index in [2.05, 4.69) is 15.5 Å². The first-order valence-electron chi connectivity index (χ1n) is 10.3. The Kier molecular flexibility index (Phi) is 4.39. The first-order valence-corrected chi connectivity index (χ1v) is 10.3. The van der Waals surface area contributed by atoms with E-state index in [9.17, 15) is 14.0 Å². The second-order valence-electron chi connectivity index (χ2n) is 8.18. The number of para-hydroxylation sites is 1. The third-order valence-corrected chi connectivity index (χ3v) is 6.74. The van der Waals surface area contributed by atoms with E-state index in [1.165, 1.54) is 6.07 Å². The third-order valence-electron chi connectivity index (χ3n) is 6.74. The SMILES string of the molecule is O=C(NCCc1ccccc1F)[C@H]1C[C@H]2CCCN2[C@]12C(=O)Nc1ccccc12. The molecule has 2 fully saturated rings. The van der Waals surface area contributed by atoms with E-state index in [0.717, 1.165) is 30.6 Å². The molecule has 6 heteroatoms. The molecule has 3 heterocycles. The van der Waals surface area contributed by atoms with Gasteiger partial charge in [0.05, 0.1) is 5.92 Å². The molecule has 0 bridgehead atoms. The van der Waals surface area contributed by atoms with E-state index in [1.54, 1.807) is 18.2 Å². The maximum atomic E-state index is 13.9. The molecule has 1 spiro atoms. The standard InChI is InChI=1S/C23H24FN3O2/c24-19-9-3-1-6-15(19)11-12-25-21(28)18-14-16-7-5-13-27(16)23(18)17-8-2-4-10-20(17)26-22(23)29/h1-4,6,8-10,16,18H,5,7,11-14H2,(H,25,28)(H,26,29)/t16-,18-,23+/m1/s1. The van der Waals surface area contributed by atoms with E-state index in [1.807, 2.05) is 24.3 Å². The van der Waals surface area contributed by atoms with Gasteiger partial charge >= 0.3 is 0 Å². The van der Waals surface area contributed by atoms with Crippen molar-refractivity contribution in [3.8, 4) is 0 Å². The van der Waals surface area contributed by atoms with Gasteiger partial charge in [0.25, 0.3) is 0 Å². The predicted octanol–water partition coefficient (Wildman–Crippen LogP) is 2.82. The summed E-state index contributed by atoms with van der Waals surface area (Å²) < 4.78 is 13.9. The van der Waals surface area contributed by atoms with Crippen LogP contribution in [0.5, 0.6) is 0 Å². The summed E-state index contributed by atoms with van der Waals surface area (Å²) in [6.45, 7) is 1.17. The molecule has 0 aliphatic carbocycles.